The van der Waals surface area contributed by atoms with Crippen LogP contribution in [0.25, 0.3) is 0 Å². The SMILES string of the molecule is CCCCCCCC(O)(CCCCCCC)COCCOCCOCCO. The van der Waals surface area contributed by atoms with E-state index in [1.807, 2.05) is 0 Å². The maximum absolute atomic E-state index is 11.0. The summed E-state index contributed by atoms with van der Waals surface area (Å²) in [5.41, 5.74) is -0.692. The normalized spacial score (nSPS) is 12.0. The Bertz CT molecular complexity index is 272. The Kier molecular flexibility index (Phi) is 20.4. The van der Waals surface area contributed by atoms with Gasteiger partial charge in [-0.25, -0.2) is 0 Å². The van der Waals surface area contributed by atoms with Crippen molar-refractivity contribution in [1.29, 1.82) is 0 Å². The van der Waals surface area contributed by atoms with Gasteiger partial charge in [0, 0.05) is 0 Å². The molecule has 2 N–H and O–H groups in total. The van der Waals surface area contributed by atoms with Crippen LogP contribution >= 0.6 is 0 Å². The monoisotopic (exact) mass is 390 g/mol. The quantitative estimate of drug-likeness (QED) is 0.267. The fraction of sp³-hybridized carbons (Fsp3) is 1.00. The lowest BCUT2D eigenvalue weighted by Crippen LogP contribution is -2.35. The van der Waals surface area contributed by atoms with E-state index >= 15 is 0 Å². The van der Waals surface area contributed by atoms with Crippen molar-refractivity contribution in [3.05, 3.63) is 0 Å². The summed E-state index contributed by atoms with van der Waals surface area (Å²) in [6.45, 7) is 7.23. The number of unbranched alkanes of at least 4 members (excludes halogenated alkanes) is 8. The number of hydrogen-bond acceptors (Lipinski definition) is 5. The number of aliphatic hydroxyl groups excluding tert-OH is 1. The van der Waals surface area contributed by atoms with Crippen molar-refractivity contribution in [2.75, 3.05) is 46.2 Å². The van der Waals surface area contributed by atoms with Gasteiger partial charge in [-0.15, -0.1) is 0 Å². The molecule has 5 heteroatoms. The maximum atomic E-state index is 11.0. The van der Waals surface area contributed by atoms with Gasteiger partial charge in [-0.3, -0.25) is 0 Å². The average molecular weight is 391 g/mol. The molecule has 0 atom stereocenters. The van der Waals surface area contributed by atoms with E-state index in [4.69, 9.17) is 19.3 Å². The third kappa shape index (κ3) is 18.9. The number of rotatable bonds is 22. The second-order valence-corrected chi connectivity index (χ2v) is 7.55. The van der Waals surface area contributed by atoms with Gasteiger partial charge in [-0.1, -0.05) is 78.1 Å². The molecule has 0 radical (unpaired) electrons. The van der Waals surface area contributed by atoms with Crippen LogP contribution in [0.4, 0.5) is 0 Å². The van der Waals surface area contributed by atoms with Gasteiger partial charge in [0.2, 0.25) is 0 Å². The highest BCUT2D eigenvalue weighted by Gasteiger charge is 2.26. The summed E-state index contributed by atoms with van der Waals surface area (Å²) < 4.78 is 16.3. The predicted molar refractivity (Wildman–Crippen MR) is 111 cm³/mol. The van der Waals surface area contributed by atoms with Crippen LogP contribution in [-0.4, -0.2) is 62.1 Å². The van der Waals surface area contributed by atoms with E-state index in [0.29, 0.717) is 39.6 Å². The molecule has 0 aliphatic rings. The van der Waals surface area contributed by atoms with Crippen molar-refractivity contribution in [3.63, 3.8) is 0 Å². The summed E-state index contributed by atoms with van der Waals surface area (Å²) in [5.74, 6) is 0. The first kappa shape index (κ1) is 26.8. The molecule has 0 saturated heterocycles. The van der Waals surface area contributed by atoms with Crippen LogP contribution < -0.4 is 0 Å². The van der Waals surface area contributed by atoms with E-state index < -0.39 is 5.60 Å². The molecule has 0 aromatic heterocycles. The zero-order valence-electron chi connectivity index (χ0n) is 18.1. The summed E-state index contributed by atoms with van der Waals surface area (Å²) in [4.78, 5) is 0. The molecule has 0 aliphatic carbocycles. The third-order valence-electron chi connectivity index (χ3n) is 4.84. The Morgan fingerprint density at radius 1 is 0.593 bits per heavy atom. The molecular weight excluding hydrogens is 344 g/mol. The minimum atomic E-state index is -0.692. The summed E-state index contributed by atoms with van der Waals surface area (Å²) in [6.07, 6.45) is 13.8. The second kappa shape index (κ2) is 20.5. The van der Waals surface area contributed by atoms with Crippen molar-refractivity contribution >= 4 is 0 Å². The lowest BCUT2D eigenvalue weighted by Gasteiger charge is -2.28. The Morgan fingerprint density at radius 2 is 1.04 bits per heavy atom. The van der Waals surface area contributed by atoms with E-state index in [-0.39, 0.29) is 6.61 Å². The molecule has 0 spiro atoms. The van der Waals surface area contributed by atoms with Crippen LogP contribution in [0.1, 0.15) is 90.9 Å². The predicted octanol–water partition coefficient (Wildman–Crippen LogP) is 4.48. The zero-order chi connectivity index (χ0) is 20.1. The van der Waals surface area contributed by atoms with Crippen LogP contribution in [0.5, 0.6) is 0 Å². The molecule has 27 heavy (non-hydrogen) atoms. The Morgan fingerprint density at radius 3 is 1.52 bits per heavy atom. The van der Waals surface area contributed by atoms with Crippen molar-refractivity contribution in [1.82, 2.24) is 0 Å². The summed E-state index contributed by atoms with van der Waals surface area (Å²) in [5, 5.41) is 19.6. The lowest BCUT2D eigenvalue weighted by atomic mass is 9.90. The fourth-order valence-electron chi connectivity index (χ4n) is 3.15. The molecule has 0 bridgehead atoms. The molecule has 0 saturated carbocycles. The van der Waals surface area contributed by atoms with E-state index in [9.17, 15) is 5.11 Å². The highest BCUT2D eigenvalue weighted by molar-refractivity contribution is 4.78. The van der Waals surface area contributed by atoms with Crippen molar-refractivity contribution in [3.8, 4) is 0 Å². The maximum Gasteiger partial charge on any atom is 0.0880 e. The molecule has 0 aromatic carbocycles. The van der Waals surface area contributed by atoms with E-state index in [0.717, 1.165) is 25.7 Å². The van der Waals surface area contributed by atoms with Crippen LogP contribution in [-0.2, 0) is 14.2 Å². The third-order valence-corrected chi connectivity index (χ3v) is 4.84. The molecule has 164 valence electrons. The van der Waals surface area contributed by atoms with Gasteiger partial charge in [0.15, 0.2) is 0 Å². The topological polar surface area (TPSA) is 68.2 Å². The Labute approximate surface area is 167 Å². The Balaban J connectivity index is 3.94. The fourth-order valence-corrected chi connectivity index (χ4v) is 3.15. The number of ether oxygens (including phenoxy) is 3. The highest BCUT2D eigenvalue weighted by Crippen LogP contribution is 2.24. The summed E-state index contributed by atoms with van der Waals surface area (Å²) >= 11 is 0. The standard InChI is InChI=1S/C22H46O5/c1-3-5-7-9-11-13-22(24,14-12-10-8-6-4-2)21-27-20-19-26-18-17-25-16-15-23/h23-24H,3-21H2,1-2H3. The average Bonchev–Trinajstić information content (AvgIpc) is 2.66. The number of hydrogen-bond donors (Lipinski definition) is 2. The summed E-state index contributed by atoms with van der Waals surface area (Å²) in [6, 6.07) is 0. The van der Waals surface area contributed by atoms with E-state index in [2.05, 4.69) is 13.8 Å². The van der Waals surface area contributed by atoms with Crippen LogP contribution in [0, 0.1) is 0 Å². The highest BCUT2D eigenvalue weighted by atomic mass is 16.5. The molecule has 0 aromatic rings. The van der Waals surface area contributed by atoms with Gasteiger partial charge < -0.3 is 24.4 Å². The smallest absolute Gasteiger partial charge is 0.0880 e. The molecule has 0 heterocycles. The van der Waals surface area contributed by atoms with E-state index in [1.54, 1.807) is 0 Å². The van der Waals surface area contributed by atoms with Gasteiger partial charge in [-0.05, 0) is 12.8 Å². The van der Waals surface area contributed by atoms with Crippen LogP contribution in [0.15, 0.2) is 0 Å². The molecule has 0 amide bonds. The molecular formula is C22H46O5. The van der Waals surface area contributed by atoms with Crippen molar-refractivity contribution < 1.29 is 24.4 Å². The van der Waals surface area contributed by atoms with Gasteiger partial charge >= 0.3 is 0 Å². The first-order chi connectivity index (χ1) is 13.2. The van der Waals surface area contributed by atoms with Gasteiger partial charge in [0.25, 0.3) is 0 Å². The summed E-state index contributed by atoms with van der Waals surface area (Å²) in [7, 11) is 0. The lowest BCUT2D eigenvalue weighted by molar-refractivity contribution is -0.0720. The first-order valence-corrected chi connectivity index (χ1v) is 11.2. The molecule has 0 aliphatic heterocycles. The molecule has 5 nitrogen and oxygen atoms in total. The van der Waals surface area contributed by atoms with Gasteiger partial charge in [0.05, 0.1) is 51.8 Å². The number of aliphatic hydroxyl groups is 2. The Hall–Kier alpha value is -0.200. The second-order valence-electron chi connectivity index (χ2n) is 7.55. The first-order valence-electron chi connectivity index (χ1n) is 11.2. The van der Waals surface area contributed by atoms with Crippen molar-refractivity contribution in [2.45, 2.75) is 96.5 Å². The minimum absolute atomic E-state index is 0.0403. The minimum Gasteiger partial charge on any atom is -0.394 e. The van der Waals surface area contributed by atoms with Gasteiger partial charge in [0.1, 0.15) is 0 Å². The van der Waals surface area contributed by atoms with Gasteiger partial charge in [-0.2, -0.15) is 0 Å². The van der Waals surface area contributed by atoms with Crippen LogP contribution in [0.3, 0.4) is 0 Å². The van der Waals surface area contributed by atoms with Crippen molar-refractivity contribution in [2.24, 2.45) is 0 Å². The zero-order valence-corrected chi connectivity index (χ0v) is 18.1. The van der Waals surface area contributed by atoms with Crippen LogP contribution in [0.2, 0.25) is 0 Å². The molecule has 0 rings (SSSR count). The largest absolute Gasteiger partial charge is 0.394 e. The molecule has 0 unspecified atom stereocenters. The molecule has 0 fully saturated rings. The van der Waals surface area contributed by atoms with E-state index in [1.165, 1.54) is 51.4 Å².